The fraction of sp³-hybridized carbons (Fsp3) is 0.138. The average molecular weight is 480 g/mol. The SMILES string of the molecule is COc1c(/C(C)=C/C(=O)NC2=NN(c3ccccc3)C(=O)C2)cc2c(-c3ccccc3)coc2c1C. The van der Waals surface area contributed by atoms with Crippen molar-refractivity contribution in [1.29, 1.82) is 0 Å². The molecular formula is C29H25N3O4. The van der Waals surface area contributed by atoms with Crippen molar-refractivity contribution in [3.63, 3.8) is 0 Å². The summed E-state index contributed by atoms with van der Waals surface area (Å²) < 4.78 is 11.6. The van der Waals surface area contributed by atoms with E-state index in [2.05, 4.69) is 10.4 Å². The first-order valence-electron chi connectivity index (χ1n) is 11.6. The molecule has 0 bridgehead atoms. The van der Waals surface area contributed by atoms with Crippen molar-refractivity contribution in [2.45, 2.75) is 20.3 Å². The van der Waals surface area contributed by atoms with Gasteiger partial charge in [0.25, 0.3) is 5.91 Å². The summed E-state index contributed by atoms with van der Waals surface area (Å²) in [6, 6.07) is 21.1. The molecule has 36 heavy (non-hydrogen) atoms. The molecule has 0 spiro atoms. The van der Waals surface area contributed by atoms with Crippen LogP contribution in [-0.4, -0.2) is 24.8 Å². The number of hydrogen-bond acceptors (Lipinski definition) is 5. The number of hydrogen-bond donors (Lipinski definition) is 1. The van der Waals surface area contributed by atoms with Crippen molar-refractivity contribution in [1.82, 2.24) is 5.32 Å². The molecule has 0 radical (unpaired) electrons. The van der Waals surface area contributed by atoms with E-state index in [0.717, 1.165) is 33.2 Å². The number of rotatable bonds is 5. The van der Waals surface area contributed by atoms with Crippen LogP contribution in [0.4, 0.5) is 5.69 Å². The molecule has 1 aliphatic rings. The van der Waals surface area contributed by atoms with Crippen molar-refractivity contribution in [3.8, 4) is 16.9 Å². The number of benzene rings is 3. The zero-order valence-corrected chi connectivity index (χ0v) is 20.2. The summed E-state index contributed by atoms with van der Waals surface area (Å²) in [5, 5.41) is 9.27. The first kappa shape index (κ1) is 23.1. The van der Waals surface area contributed by atoms with Gasteiger partial charge < -0.3 is 14.5 Å². The number of hydrazone groups is 1. The second-order valence-corrected chi connectivity index (χ2v) is 8.56. The Bertz CT molecular complexity index is 1520. The Labute approximate surface area is 208 Å². The number of nitrogens with one attached hydrogen (secondary N) is 1. The maximum absolute atomic E-state index is 12.9. The number of furan rings is 1. The van der Waals surface area contributed by atoms with E-state index >= 15 is 0 Å². The minimum atomic E-state index is -0.371. The Morgan fingerprint density at radius 1 is 1.11 bits per heavy atom. The third-order valence-corrected chi connectivity index (χ3v) is 6.15. The van der Waals surface area contributed by atoms with Gasteiger partial charge in [0.2, 0.25) is 5.91 Å². The predicted molar refractivity (Wildman–Crippen MR) is 141 cm³/mol. The molecule has 0 atom stereocenters. The van der Waals surface area contributed by atoms with E-state index in [1.807, 2.05) is 68.4 Å². The van der Waals surface area contributed by atoms with E-state index in [1.165, 1.54) is 11.1 Å². The van der Waals surface area contributed by atoms with E-state index in [-0.39, 0.29) is 18.2 Å². The molecule has 0 saturated heterocycles. The van der Waals surface area contributed by atoms with Crippen molar-refractivity contribution >= 4 is 39.9 Å². The molecule has 1 N–H and O–H groups in total. The van der Waals surface area contributed by atoms with Gasteiger partial charge in [0.15, 0.2) is 0 Å². The molecule has 2 heterocycles. The number of allylic oxidation sites excluding steroid dienone is 1. The molecular weight excluding hydrogens is 454 g/mol. The van der Waals surface area contributed by atoms with Crippen LogP contribution in [0.5, 0.6) is 5.75 Å². The number of aryl methyl sites for hydroxylation is 1. The fourth-order valence-electron chi connectivity index (χ4n) is 4.44. The zero-order valence-electron chi connectivity index (χ0n) is 20.2. The molecule has 2 amide bonds. The maximum Gasteiger partial charge on any atom is 0.255 e. The number of amides is 2. The molecule has 7 nitrogen and oxygen atoms in total. The van der Waals surface area contributed by atoms with Crippen LogP contribution >= 0.6 is 0 Å². The van der Waals surface area contributed by atoms with Crippen LogP contribution in [0, 0.1) is 6.92 Å². The minimum absolute atomic E-state index is 0.0252. The average Bonchev–Trinajstić information content (AvgIpc) is 3.48. The quantitative estimate of drug-likeness (QED) is 0.373. The normalized spacial score (nSPS) is 13.8. The molecule has 5 rings (SSSR count). The summed E-state index contributed by atoms with van der Waals surface area (Å²) in [6.07, 6.45) is 3.26. The lowest BCUT2D eigenvalue weighted by molar-refractivity contribution is -0.116. The molecule has 0 unspecified atom stereocenters. The van der Waals surface area contributed by atoms with Gasteiger partial charge in [-0.3, -0.25) is 9.59 Å². The van der Waals surface area contributed by atoms with Gasteiger partial charge in [-0.05, 0) is 43.2 Å². The fourth-order valence-corrected chi connectivity index (χ4v) is 4.44. The topological polar surface area (TPSA) is 84.1 Å². The van der Waals surface area contributed by atoms with Crippen LogP contribution in [0.15, 0.2) is 88.6 Å². The van der Waals surface area contributed by atoms with Crippen molar-refractivity contribution in [2.24, 2.45) is 5.10 Å². The molecule has 1 aromatic heterocycles. The highest BCUT2D eigenvalue weighted by atomic mass is 16.5. The molecule has 4 aromatic rings. The predicted octanol–water partition coefficient (Wildman–Crippen LogP) is 5.69. The van der Waals surface area contributed by atoms with Gasteiger partial charge >= 0.3 is 0 Å². The zero-order chi connectivity index (χ0) is 25.2. The summed E-state index contributed by atoms with van der Waals surface area (Å²) >= 11 is 0. The van der Waals surface area contributed by atoms with Crippen LogP contribution in [0.2, 0.25) is 0 Å². The summed E-state index contributed by atoms with van der Waals surface area (Å²) in [7, 11) is 1.60. The third-order valence-electron chi connectivity index (χ3n) is 6.15. The second kappa shape index (κ2) is 9.54. The van der Waals surface area contributed by atoms with Gasteiger partial charge in [-0.2, -0.15) is 10.1 Å². The molecule has 180 valence electrons. The summed E-state index contributed by atoms with van der Waals surface area (Å²) in [5.74, 6) is 0.372. The van der Waals surface area contributed by atoms with Gasteiger partial charge in [-0.15, -0.1) is 0 Å². The largest absolute Gasteiger partial charge is 0.496 e. The maximum atomic E-state index is 12.9. The lowest BCUT2D eigenvalue weighted by Gasteiger charge is -2.13. The second-order valence-electron chi connectivity index (χ2n) is 8.56. The Morgan fingerprint density at radius 3 is 2.50 bits per heavy atom. The third kappa shape index (κ3) is 4.27. The van der Waals surface area contributed by atoms with Crippen LogP contribution in [0.25, 0.3) is 27.7 Å². The Morgan fingerprint density at radius 2 is 1.81 bits per heavy atom. The lowest BCUT2D eigenvalue weighted by atomic mass is 9.96. The number of methoxy groups -OCH3 is 1. The molecule has 1 aliphatic heterocycles. The monoisotopic (exact) mass is 479 g/mol. The van der Waals surface area contributed by atoms with Crippen LogP contribution in [-0.2, 0) is 9.59 Å². The number of para-hydroxylation sites is 1. The number of carbonyl (C=O) groups is 2. The van der Waals surface area contributed by atoms with Crippen LogP contribution in [0.3, 0.4) is 0 Å². The highest BCUT2D eigenvalue weighted by Crippen LogP contribution is 2.40. The van der Waals surface area contributed by atoms with Gasteiger partial charge in [-0.25, -0.2) is 0 Å². The number of carbonyl (C=O) groups excluding carboxylic acids is 2. The summed E-state index contributed by atoms with van der Waals surface area (Å²) in [6.45, 7) is 3.79. The van der Waals surface area contributed by atoms with Crippen LogP contribution in [0.1, 0.15) is 24.5 Å². The Balaban J connectivity index is 1.45. The van der Waals surface area contributed by atoms with Gasteiger partial charge in [0.05, 0.1) is 25.5 Å². The number of amidine groups is 1. The molecule has 0 aliphatic carbocycles. The highest BCUT2D eigenvalue weighted by molar-refractivity contribution is 6.17. The van der Waals surface area contributed by atoms with E-state index in [0.29, 0.717) is 22.8 Å². The van der Waals surface area contributed by atoms with E-state index < -0.39 is 0 Å². The smallest absolute Gasteiger partial charge is 0.255 e. The van der Waals surface area contributed by atoms with E-state index in [4.69, 9.17) is 9.15 Å². The van der Waals surface area contributed by atoms with Gasteiger partial charge in [0.1, 0.15) is 17.2 Å². The molecule has 7 heteroatoms. The first-order chi connectivity index (χ1) is 17.5. The van der Waals surface area contributed by atoms with Crippen molar-refractivity contribution < 1.29 is 18.7 Å². The lowest BCUT2D eigenvalue weighted by Crippen LogP contribution is -2.28. The van der Waals surface area contributed by atoms with Crippen LogP contribution < -0.4 is 15.1 Å². The number of anilines is 1. The summed E-state index contributed by atoms with van der Waals surface area (Å²) in [4.78, 5) is 25.3. The van der Waals surface area contributed by atoms with Gasteiger partial charge in [0, 0.05) is 28.2 Å². The number of fused-ring (bicyclic) bond motifs is 1. The van der Waals surface area contributed by atoms with Gasteiger partial charge in [-0.1, -0.05) is 48.5 Å². The Kier molecular flexibility index (Phi) is 6.12. The van der Waals surface area contributed by atoms with Crippen molar-refractivity contribution in [2.75, 3.05) is 12.1 Å². The number of nitrogens with zero attached hydrogens (tertiary/aromatic N) is 2. The number of ether oxygens (including phenoxy) is 1. The molecule has 0 fully saturated rings. The molecule has 0 saturated carbocycles. The summed E-state index contributed by atoms with van der Waals surface area (Å²) in [5.41, 5.74) is 5.75. The Hall–Kier alpha value is -4.65. The molecule has 3 aromatic carbocycles. The minimum Gasteiger partial charge on any atom is -0.496 e. The highest BCUT2D eigenvalue weighted by Gasteiger charge is 2.26. The first-order valence-corrected chi connectivity index (χ1v) is 11.6. The standard InChI is InChI=1S/C29H25N3O4/c1-18(14-26(33)30-25-16-27(34)32(31-25)21-12-8-5-9-13-21)22-15-23-24(20-10-6-4-7-11-20)17-36-29(23)19(2)28(22)35-3/h4-15,17H,16H2,1-3H3,(H,30,31,33)/b18-14+. The van der Waals surface area contributed by atoms with E-state index in [9.17, 15) is 9.59 Å². The van der Waals surface area contributed by atoms with Crippen molar-refractivity contribution in [3.05, 3.63) is 90.2 Å². The van der Waals surface area contributed by atoms with E-state index in [1.54, 1.807) is 25.5 Å².